The number of hydrogen-bond donors (Lipinski definition) is 1. The lowest BCUT2D eigenvalue weighted by Gasteiger charge is -2.10. The van der Waals surface area contributed by atoms with Gasteiger partial charge in [0.1, 0.15) is 5.82 Å². The summed E-state index contributed by atoms with van der Waals surface area (Å²) in [5.74, 6) is 0.710. The second kappa shape index (κ2) is 4.50. The largest absolute Gasteiger partial charge is 0.384 e. The van der Waals surface area contributed by atoms with Gasteiger partial charge in [-0.15, -0.1) is 0 Å². The minimum absolute atomic E-state index is 0.271. The molecule has 90 valence electrons. The Bertz CT molecular complexity index is 486. The van der Waals surface area contributed by atoms with Gasteiger partial charge in [0.25, 0.3) is 0 Å². The van der Waals surface area contributed by atoms with E-state index in [-0.39, 0.29) is 6.10 Å². The summed E-state index contributed by atoms with van der Waals surface area (Å²) >= 11 is 1.67. The number of ether oxygens (including phenoxy) is 1. The molecule has 0 aliphatic carbocycles. The van der Waals surface area contributed by atoms with Gasteiger partial charge >= 0.3 is 0 Å². The molecule has 17 heavy (non-hydrogen) atoms. The van der Waals surface area contributed by atoms with Gasteiger partial charge < -0.3 is 10.5 Å². The Hall–Kier alpha value is -1.33. The van der Waals surface area contributed by atoms with Crippen molar-refractivity contribution in [1.82, 2.24) is 9.78 Å². The maximum Gasteiger partial charge on any atom is 0.122 e. The first-order valence-electron chi connectivity index (χ1n) is 5.80. The molecule has 1 atom stereocenters. The van der Waals surface area contributed by atoms with Crippen molar-refractivity contribution in [3.63, 3.8) is 0 Å². The highest BCUT2D eigenvalue weighted by atomic mass is 32.1. The van der Waals surface area contributed by atoms with Crippen molar-refractivity contribution in [2.75, 3.05) is 12.3 Å². The molecule has 0 aromatic carbocycles. The van der Waals surface area contributed by atoms with Gasteiger partial charge in [0.15, 0.2) is 0 Å². The summed E-state index contributed by atoms with van der Waals surface area (Å²) < 4.78 is 7.45. The van der Waals surface area contributed by atoms with Crippen LogP contribution in [0.25, 0.3) is 11.3 Å². The molecule has 3 heterocycles. The molecule has 2 aromatic heterocycles. The number of rotatable bonds is 3. The van der Waals surface area contributed by atoms with Crippen LogP contribution in [0.5, 0.6) is 0 Å². The van der Waals surface area contributed by atoms with Crippen molar-refractivity contribution >= 4 is 17.2 Å². The predicted octanol–water partition coefficient (Wildman–Crippen LogP) is 2.37. The SMILES string of the molecule is Nc1cc(-c2ccsc2)nn1C[C@H]1CCCO1. The molecule has 3 rings (SSSR count). The fraction of sp³-hybridized carbons (Fsp3) is 0.417. The summed E-state index contributed by atoms with van der Waals surface area (Å²) in [4.78, 5) is 0. The van der Waals surface area contributed by atoms with E-state index >= 15 is 0 Å². The Balaban J connectivity index is 1.80. The molecular weight excluding hydrogens is 234 g/mol. The van der Waals surface area contributed by atoms with Gasteiger partial charge in [-0.25, -0.2) is 4.68 Å². The van der Waals surface area contributed by atoms with Crippen LogP contribution in [0.1, 0.15) is 12.8 Å². The van der Waals surface area contributed by atoms with Gasteiger partial charge in [0, 0.05) is 23.6 Å². The zero-order valence-electron chi connectivity index (χ0n) is 9.50. The molecule has 1 aliphatic heterocycles. The summed E-state index contributed by atoms with van der Waals surface area (Å²) in [5, 5.41) is 8.66. The van der Waals surface area contributed by atoms with Crippen molar-refractivity contribution < 1.29 is 4.74 Å². The van der Waals surface area contributed by atoms with Gasteiger partial charge in [-0.05, 0) is 24.3 Å². The van der Waals surface area contributed by atoms with Crippen LogP contribution in [0.3, 0.4) is 0 Å². The third kappa shape index (κ3) is 2.21. The van der Waals surface area contributed by atoms with E-state index in [0.717, 1.165) is 37.3 Å². The van der Waals surface area contributed by atoms with Crippen molar-refractivity contribution in [2.45, 2.75) is 25.5 Å². The minimum Gasteiger partial charge on any atom is -0.384 e. The first-order valence-corrected chi connectivity index (χ1v) is 6.75. The third-order valence-electron chi connectivity index (χ3n) is 3.03. The molecular formula is C12H15N3OS. The van der Waals surface area contributed by atoms with Crippen molar-refractivity contribution in [3.8, 4) is 11.3 Å². The van der Waals surface area contributed by atoms with Crippen LogP contribution in [0.4, 0.5) is 5.82 Å². The summed E-state index contributed by atoms with van der Waals surface area (Å²) in [6, 6.07) is 3.99. The number of nitrogen functional groups attached to an aromatic ring is 1. The highest BCUT2D eigenvalue weighted by molar-refractivity contribution is 7.08. The summed E-state index contributed by atoms with van der Waals surface area (Å²) in [6.07, 6.45) is 2.52. The van der Waals surface area contributed by atoms with E-state index in [1.165, 1.54) is 0 Å². The average molecular weight is 249 g/mol. The molecule has 1 saturated heterocycles. The molecule has 2 N–H and O–H groups in total. The molecule has 2 aromatic rings. The molecule has 0 spiro atoms. The summed E-state index contributed by atoms with van der Waals surface area (Å²) in [7, 11) is 0. The summed E-state index contributed by atoms with van der Waals surface area (Å²) in [6.45, 7) is 1.62. The van der Waals surface area contributed by atoms with Crippen molar-refractivity contribution in [2.24, 2.45) is 0 Å². The first kappa shape index (κ1) is 10.8. The lowest BCUT2D eigenvalue weighted by molar-refractivity contribution is 0.0946. The molecule has 0 saturated carbocycles. The predicted molar refractivity (Wildman–Crippen MR) is 68.9 cm³/mol. The smallest absolute Gasteiger partial charge is 0.122 e. The van der Waals surface area contributed by atoms with E-state index in [1.54, 1.807) is 11.3 Å². The van der Waals surface area contributed by atoms with E-state index < -0.39 is 0 Å². The van der Waals surface area contributed by atoms with Crippen LogP contribution in [-0.4, -0.2) is 22.5 Å². The van der Waals surface area contributed by atoms with Crippen LogP contribution in [0.15, 0.2) is 22.9 Å². The molecule has 1 fully saturated rings. The van der Waals surface area contributed by atoms with Gasteiger partial charge in [-0.2, -0.15) is 16.4 Å². The van der Waals surface area contributed by atoms with E-state index in [0.29, 0.717) is 5.82 Å². The fourth-order valence-corrected chi connectivity index (χ4v) is 2.76. The minimum atomic E-state index is 0.271. The molecule has 0 radical (unpaired) electrons. The van der Waals surface area contributed by atoms with Gasteiger partial charge in [0.2, 0.25) is 0 Å². The number of aromatic nitrogens is 2. The number of thiophene rings is 1. The maximum absolute atomic E-state index is 5.97. The quantitative estimate of drug-likeness (QED) is 0.908. The average Bonchev–Trinajstić information content (AvgIpc) is 3.02. The zero-order chi connectivity index (χ0) is 11.7. The van der Waals surface area contributed by atoms with Crippen molar-refractivity contribution in [1.29, 1.82) is 0 Å². The standard InChI is InChI=1S/C12H15N3OS/c13-12-6-11(9-3-5-17-8-9)14-15(12)7-10-2-1-4-16-10/h3,5-6,8,10H,1-2,4,7,13H2/t10-/m1/s1. The molecule has 0 unspecified atom stereocenters. The van der Waals surface area contributed by atoms with Crippen LogP contribution >= 0.6 is 11.3 Å². The van der Waals surface area contributed by atoms with Gasteiger partial charge in [0.05, 0.1) is 18.3 Å². The molecule has 4 nitrogen and oxygen atoms in total. The lowest BCUT2D eigenvalue weighted by Crippen LogP contribution is -2.17. The van der Waals surface area contributed by atoms with E-state index in [2.05, 4.69) is 16.5 Å². The van der Waals surface area contributed by atoms with Crippen molar-refractivity contribution in [3.05, 3.63) is 22.9 Å². The molecule has 1 aliphatic rings. The zero-order valence-corrected chi connectivity index (χ0v) is 10.3. The molecule has 0 amide bonds. The highest BCUT2D eigenvalue weighted by Gasteiger charge is 2.18. The van der Waals surface area contributed by atoms with E-state index in [9.17, 15) is 0 Å². The third-order valence-corrected chi connectivity index (χ3v) is 3.71. The Labute approximate surface area is 104 Å². The lowest BCUT2D eigenvalue weighted by atomic mass is 10.2. The van der Waals surface area contributed by atoms with Crippen LogP contribution in [0, 0.1) is 0 Å². The Morgan fingerprint density at radius 3 is 3.24 bits per heavy atom. The number of anilines is 1. The van der Waals surface area contributed by atoms with Crippen LogP contribution < -0.4 is 5.73 Å². The number of nitrogens with zero attached hydrogens (tertiary/aromatic N) is 2. The topological polar surface area (TPSA) is 53.1 Å². The fourth-order valence-electron chi connectivity index (χ4n) is 2.11. The Kier molecular flexibility index (Phi) is 2.86. The first-order chi connectivity index (χ1) is 8.33. The van der Waals surface area contributed by atoms with Crippen LogP contribution in [-0.2, 0) is 11.3 Å². The second-order valence-electron chi connectivity index (χ2n) is 4.28. The normalized spacial score (nSPS) is 19.9. The van der Waals surface area contributed by atoms with Gasteiger partial charge in [-0.3, -0.25) is 0 Å². The number of nitrogens with two attached hydrogens (primary N) is 1. The Morgan fingerprint density at radius 2 is 2.53 bits per heavy atom. The van der Waals surface area contributed by atoms with Gasteiger partial charge in [-0.1, -0.05) is 0 Å². The monoisotopic (exact) mass is 249 g/mol. The highest BCUT2D eigenvalue weighted by Crippen LogP contribution is 2.24. The summed E-state index contributed by atoms with van der Waals surface area (Å²) in [5.41, 5.74) is 8.05. The van der Waals surface area contributed by atoms with Crippen LogP contribution in [0.2, 0.25) is 0 Å². The van der Waals surface area contributed by atoms with E-state index in [1.807, 2.05) is 16.1 Å². The maximum atomic E-state index is 5.97. The second-order valence-corrected chi connectivity index (χ2v) is 5.06. The van der Waals surface area contributed by atoms with E-state index in [4.69, 9.17) is 10.5 Å². The number of hydrogen-bond acceptors (Lipinski definition) is 4. The Morgan fingerprint density at radius 1 is 1.59 bits per heavy atom. The molecule has 0 bridgehead atoms. The molecule has 5 heteroatoms.